The Labute approximate surface area is 206 Å². The first-order chi connectivity index (χ1) is 16.8. The first-order valence-electron chi connectivity index (χ1n) is 11.8. The molecule has 1 aliphatic rings. The lowest BCUT2D eigenvalue weighted by molar-refractivity contribution is -0.131. The summed E-state index contributed by atoms with van der Waals surface area (Å²) in [5.74, 6) is 6.72. The molecule has 8 heteroatoms. The molecule has 0 aliphatic carbocycles. The molecule has 1 aliphatic heterocycles. The second-order valence-corrected chi connectivity index (χ2v) is 8.81. The summed E-state index contributed by atoms with van der Waals surface area (Å²) in [5, 5.41) is 9.79. The molecule has 35 heavy (non-hydrogen) atoms. The number of pyridine rings is 1. The summed E-state index contributed by atoms with van der Waals surface area (Å²) in [4.78, 5) is 33.4. The quantitative estimate of drug-likeness (QED) is 0.641. The molecule has 0 saturated carbocycles. The van der Waals surface area contributed by atoms with Gasteiger partial charge in [-0.15, -0.1) is 0 Å². The Morgan fingerprint density at radius 1 is 1.31 bits per heavy atom. The molecule has 2 heterocycles. The number of likely N-dealkylation sites (N-methyl/N-ethyl adjacent to an activating group) is 1. The molecule has 1 N–H and O–H groups in total. The summed E-state index contributed by atoms with van der Waals surface area (Å²) in [6.45, 7) is 6.16. The van der Waals surface area contributed by atoms with Crippen LogP contribution in [-0.2, 0) is 4.79 Å². The number of amides is 2. The summed E-state index contributed by atoms with van der Waals surface area (Å²) < 4.78 is 11.4. The van der Waals surface area contributed by atoms with Crippen LogP contribution in [0.1, 0.15) is 48.7 Å². The Morgan fingerprint density at radius 3 is 2.63 bits per heavy atom. The zero-order valence-electron chi connectivity index (χ0n) is 20.9. The highest BCUT2D eigenvalue weighted by Crippen LogP contribution is 2.27. The van der Waals surface area contributed by atoms with Gasteiger partial charge in [0.15, 0.2) is 0 Å². The maximum Gasteiger partial charge on any atom is 0.259 e. The molecular formula is C27H33N3O5. The van der Waals surface area contributed by atoms with E-state index < -0.39 is 0 Å². The number of aromatic nitrogens is 1. The van der Waals surface area contributed by atoms with E-state index in [9.17, 15) is 14.7 Å². The lowest BCUT2D eigenvalue weighted by Gasteiger charge is -2.37. The molecule has 2 amide bonds. The molecule has 2 aromatic rings. The van der Waals surface area contributed by atoms with Crippen molar-refractivity contribution in [3.63, 3.8) is 0 Å². The molecule has 1 aromatic carbocycles. The number of aliphatic hydroxyl groups excluding tert-OH is 1. The number of methoxy groups -OCH3 is 1. The number of carbonyl (C=O) groups is 2. The van der Waals surface area contributed by atoms with Crippen LogP contribution in [0.2, 0.25) is 0 Å². The third kappa shape index (κ3) is 6.31. The summed E-state index contributed by atoms with van der Waals surface area (Å²) in [6.07, 6.45) is 1.60. The van der Waals surface area contributed by atoms with Crippen LogP contribution in [0.4, 0.5) is 0 Å². The van der Waals surface area contributed by atoms with E-state index in [1.54, 1.807) is 43.1 Å². The normalized spacial score (nSPS) is 18.2. The van der Waals surface area contributed by atoms with Gasteiger partial charge in [0.2, 0.25) is 11.8 Å². The van der Waals surface area contributed by atoms with Crippen molar-refractivity contribution in [2.75, 3.05) is 33.9 Å². The number of hydrogen-bond donors (Lipinski definition) is 1. The van der Waals surface area contributed by atoms with Crippen molar-refractivity contribution in [3.05, 3.63) is 53.2 Å². The van der Waals surface area contributed by atoms with Crippen LogP contribution in [0.5, 0.6) is 11.6 Å². The molecule has 0 bridgehead atoms. The first-order valence-corrected chi connectivity index (χ1v) is 11.8. The summed E-state index contributed by atoms with van der Waals surface area (Å²) >= 11 is 0. The van der Waals surface area contributed by atoms with E-state index in [1.807, 2.05) is 38.1 Å². The van der Waals surface area contributed by atoms with Gasteiger partial charge in [0.1, 0.15) is 17.4 Å². The molecule has 0 saturated heterocycles. The minimum absolute atomic E-state index is 0.0110. The van der Waals surface area contributed by atoms with Gasteiger partial charge in [0.25, 0.3) is 5.91 Å². The third-order valence-corrected chi connectivity index (χ3v) is 6.14. The van der Waals surface area contributed by atoms with E-state index in [1.165, 1.54) is 0 Å². The number of nitrogens with zero attached hydrogens (tertiary/aromatic N) is 3. The Kier molecular flexibility index (Phi) is 8.72. The second-order valence-electron chi connectivity index (χ2n) is 8.81. The Morgan fingerprint density at radius 2 is 2.00 bits per heavy atom. The summed E-state index contributed by atoms with van der Waals surface area (Å²) in [6, 6.07) is 8.65. The smallest absolute Gasteiger partial charge is 0.259 e. The molecule has 3 rings (SSSR count). The van der Waals surface area contributed by atoms with Gasteiger partial charge in [-0.05, 0) is 37.3 Å². The SMILES string of the molecule is CCC(=O)N(C)C[C@@H]1Oc2ncc(C#Cc3ccc(OC)cc3)cc2C(=O)N([C@@H](C)CO)C[C@@H]1C. The predicted octanol–water partition coefficient (Wildman–Crippen LogP) is 2.58. The zero-order chi connectivity index (χ0) is 25.5. The zero-order valence-corrected chi connectivity index (χ0v) is 20.9. The first kappa shape index (κ1) is 26.0. The van der Waals surface area contributed by atoms with Gasteiger partial charge in [-0.1, -0.05) is 25.7 Å². The molecule has 8 nitrogen and oxygen atoms in total. The van der Waals surface area contributed by atoms with E-state index in [-0.39, 0.29) is 47.9 Å². The van der Waals surface area contributed by atoms with Crippen LogP contribution in [0.15, 0.2) is 36.5 Å². The average molecular weight is 480 g/mol. The van der Waals surface area contributed by atoms with Crippen molar-refractivity contribution < 1.29 is 24.2 Å². The molecule has 1 aromatic heterocycles. The van der Waals surface area contributed by atoms with Gasteiger partial charge in [-0.2, -0.15) is 0 Å². The van der Waals surface area contributed by atoms with E-state index >= 15 is 0 Å². The van der Waals surface area contributed by atoms with Crippen LogP contribution in [0.25, 0.3) is 0 Å². The highest BCUT2D eigenvalue weighted by Gasteiger charge is 2.34. The molecule has 3 atom stereocenters. The van der Waals surface area contributed by atoms with Gasteiger partial charge in [0, 0.05) is 43.3 Å². The largest absolute Gasteiger partial charge is 0.497 e. The Balaban J connectivity index is 1.97. The number of fused-ring (bicyclic) bond motifs is 1. The lowest BCUT2D eigenvalue weighted by atomic mass is 9.99. The van der Waals surface area contributed by atoms with E-state index in [4.69, 9.17) is 9.47 Å². The minimum atomic E-state index is -0.388. The lowest BCUT2D eigenvalue weighted by Crippen LogP contribution is -2.50. The van der Waals surface area contributed by atoms with E-state index in [0.29, 0.717) is 25.1 Å². The third-order valence-electron chi connectivity index (χ3n) is 6.14. The molecule has 186 valence electrons. The van der Waals surface area contributed by atoms with E-state index in [0.717, 1.165) is 11.3 Å². The molecular weight excluding hydrogens is 446 g/mol. The Hall–Kier alpha value is -3.57. The average Bonchev–Trinajstić information content (AvgIpc) is 2.88. The fourth-order valence-corrected chi connectivity index (χ4v) is 3.85. The van der Waals surface area contributed by atoms with Crippen LogP contribution in [-0.4, -0.2) is 77.7 Å². The highest BCUT2D eigenvalue weighted by atomic mass is 16.5. The van der Waals surface area contributed by atoms with Crippen molar-refractivity contribution in [3.8, 4) is 23.5 Å². The molecule has 0 radical (unpaired) electrons. The maximum atomic E-state index is 13.5. The summed E-state index contributed by atoms with van der Waals surface area (Å²) in [7, 11) is 3.35. The van der Waals surface area contributed by atoms with Crippen molar-refractivity contribution in [1.82, 2.24) is 14.8 Å². The monoisotopic (exact) mass is 479 g/mol. The van der Waals surface area contributed by atoms with Gasteiger partial charge < -0.3 is 24.4 Å². The molecule has 0 unspecified atom stereocenters. The minimum Gasteiger partial charge on any atom is -0.497 e. The van der Waals surface area contributed by atoms with Gasteiger partial charge in [0.05, 0.1) is 26.3 Å². The van der Waals surface area contributed by atoms with Crippen molar-refractivity contribution in [2.24, 2.45) is 5.92 Å². The van der Waals surface area contributed by atoms with Crippen molar-refractivity contribution in [1.29, 1.82) is 0 Å². The highest BCUT2D eigenvalue weighted by molar-refractivity contribution is 5.97. The summed E-state index contributed by atoms with van der Waals surface area (Å²) in [5.41, 5.74) is 1.65. The van der Waals surface area contributed by atoms with Gasteiger partial charge >= 0.3 is 0 Å². The molecule has 0 spiro atoms. The van der Waals surface area contributed by atoms with Crippen molar-refractivity contribution in [2.45, 2.75) is 39.3 Å². The van der Waals surface area contributed by atoms with Gasteiger partial charge in [-0.3, -0.25) is 9.59 Å². The Bertz CT molecular complexity index is 1110. The topological polar surface area (TPSA) is 92.2 Å². The number of rotatable bonds is 6. The number of benzene rings is 1. The predicted molar refractivity (Wildman–Crippen MR) is 132 cm³/mol. The molecule has 0 fully saturated rings. The van der Waals surface area contributed by atoms with Gasteiger partial charge in [-0.25, -0.2) is 4.98 Å². The van der Waals surface area contributed by atoms with Crippen LogP contribution in [0, 0.1) is 17.8 Å². The number of hydrogen-bond acceptors (Lipinski definition) is 6. The van der Waals surface area contributed by atoms with Crippen molar-refractivity contribution >= 4 is 11.8 Å². The van der Waals surface area contributed by atoms with Crippen LogP contribution < -0.4 is 9.47 Å². The van der Waals surface area contributed by atoms with Crippen LogP contribution >= 0.6 is 0 Å². The number of carbonyl (C=O) groups excluding carboxylic acids is 2. The van der Waals surface area contributed by atoms with Crippen LogP contribution in [0.3, 0.4) is 0 Å². The fourth-order valence-electron chi connectivity index (χ4n) is 3.85. The number of ether oxygens (including phenoxy) is 2. The number of aliphatic hydroxyl groups is 1. The standard InChI is InChI=1S/C27H33N3O5/c1-6-25(32)29(4)16-24-18(2)15-30(19(3)17-31)27(33)23-13-21(14-28-26(23)35-24)8-7-20-9-11-22(34-5)12-10-20/h9-14,18-19,24,31H,6,15-17H2,1-5H3/t18-,19-,24-/m0/s1. The van der Waals surface area contributed by atoms with E-state index in [2.05, 4.69) is 16.8 Å². The second kappa shape index (κ2) is 11.7. The fraction of sp³-hybridized carbons (Fsp3) is 0.444. The maximum absolute atomic E-state index is 13.5.